The normalized spacial score (nSPS) is 12.5. The van der Waals surface area contributed by atoms with Crippen LogP contribution >= 0.6 is 0 Å². The van der Waals surface area contributed by atoms with Crippen molar-refractivity contribution >= 4 is 0 Å². The lowest BCUT2D eigenvalue weighted by atomic mass is 10.0. The number of pyridine rings is 1. The van der Waals surface area contributed by atoms with E-state index in [0.29, 0.717) is 0 Å². The number of hydrazine groups is 1. The van der Waals surface area contributed by atoms with Crippen LogP contribution in [0.4, 0.5) is 0 Å². The number of rotatable bonds is 6. The number of nitrogens with zero attached hydrogens (tertiary/aromatic N) is 1. The van der Waals surface area contributed by atoms with Gasteiger partial charge in [-0.05, 0) is 18.1 Å². The van der Waals surface area contributed by atoms with Crippen LogP contribution < -0.4 is 16.0 Å². The zero-order valence-corrected chi connectivity index (χ0v) is 9.36. The topological polar surface area (TPSA) is 60.2 Å². The van der Waals surface area contributed by atoms with Crippen LogP contribution in [0.3, 0.4) is 0 Å². The summed E-state index contributed by atoms with van der Waals surface area (Å²) in [5.41, 5.74) is 3.88. The largest absolute Gasteiger partial charge is 0.495 e. The van der Waals surface area contributed by atoms with Gasteiger partial charge in [-0.1, -0.05) is 19.8 Å². The molecular weight excluding hydrogens is 190 g/mol. The molecule has 0 saturated carbocycles. The van der Waals surface area contributed by atoms with Gasteiger partial charge in [-0.25, -0.2) is 0 Å². The Bertz CT molecular complexity index is 291. The summed E-state index contributed by atoms with van der Waals surface area (Å²) in [6.07, 6.45) is 6.84. The van der Waals surface area contributed by atoms with Crippen LogP contribution in [0.1, 0.15) is 37.8 Å². The smallest absolute Gasteiger partial charge is 0.137 e. The molecule has 15 heavy (non-hydrogen) atoms. The molecule has 4 heteroatoms. The van der Waals surface area contributed by atoms with E-state index in [1.165, 1.54) is 0 Å². The molecule has 0 aliphatic carbocycles. The lowest BCUT2D eigenvalue weighted by Crippen LogP contribution is -2.28. The zero-order chi connectivity index (χ0) is 11.1. The first-order valence-electron chi connectivity index (χ1n) is 5.26. The van der Waals surface area contributed by atoms with Crippen molar-refractivity contribution in [3.8, 4) is 5.75 Å². The number of nitrogens with one attached hydrogen (secondary N) is 1. The summed E-state index contributed by atoms with van der Waals surface area (Å²) in [5.74, 6) is 6.29. The highest BCUT2D eigenvalue weighted by atomic mass is 16.5. The summed E-state index contributed by atoms with van der Waals surface area (Å²) in [6, 6.07) is 2.13. The predicted octanol–water partition coefficient (Wildman–Crippen LogP) is 1.78. The first-order chi connectivity index (χ1) is 7.31. The molecule has 1 rings (SSSR count). The number of hydrogen-bond donors (Lipinski definition) is 2. The first kappa shape index (κ1) is 11.9. The molecule has 0 bridgehead atoms. The van der Waals surface area contributed by atoms with Crippen LogP contribution in [0.25, 0.3) is 0 Å². The van der Waals surface area contributed by atoms with E-state index < -0.39 is 0 Å². The summed E-state index contributed by atoms with van der Waals surface area (Å²) in [5, 5.41) is 0. The molecule has 84 valence electrons. The minimum atomic E-state index is 0.160. The predicted molar refractivity (Wildman–Crippen MR) is 60.4 cm³/mol. The van der Waals surface area contributed by atoms with Gasteiger partial charge in [-0.2, -0.15) is 0 Å². The van der Waals surface area contributed by atoms with Gasteiger partial charge in [-0.3, -0.25) is 16.3 Å². The molecular formula is C11H19N3O. The highest BCUT2D eigenvalue weighted by Gasteiger charge is 2.09. The Morgan fingerprint density at radius 3 is 2.93 bits per heavy atom. The number of ether oxygens (including phenoxy) is 1. The van der Waals surface area contributed by atoms with Crippen LogP contribution in [0.2, 0.25) is 0 Å². The molecule has 1 heterocycles. The Morgan fingerprint density at radius 2 is 2.33 bits per heavy atom. The molecule has 0 aliphatic heterocycles. The maximum Gasteiger partial charge on any atom is 0.137 e. The van der Waals surface area contributed by atoms with E-state index in [0.717, 1.165) is 30.6 Å². The lowest BCUT2D eigenvalue weighted by Gasteiger charge is -2.15. The second-order valence-corrected chi connectivity index (χ2v) is 3.52. The minimum Gasteiger partial charge on any atom is -0.495 e. The van der Waals surface area contributed by atoms with Crippen LogP contribution in [-0.2, 0) is 0 Å². The van der Waals surface area contributed by atoms with Gasteiger partial charge in [0, 0.05) is 12.2 Å². The molecule has 4 nitrogen and oxygen atoms in total. The molecule has 1 unspecified atom stereocenters. The van der Waals surface area contributed by atoms with Gasteiger partial charge in [0.1, 0.15) is 5.75 Å². The lowest BCUT2D eigenvalue weighted by molar-refractivity contribution is 0.409. The molecule has 1 aromatic heterocycles. The van der Waals surface area contributed by atoms with Gasteiger partial charge in [0.25, 0.3) is 0 Å². The standard InChI is InChI=1S/C11H19N3O/c1-3-4-5-11(14-12)9-6-10(15-2)8-13-7-9/h6-8,11,14H,3-5,12H2,1-2H3. The summed E-state index contributed by atoms with van der Waals surface area (Å²) in [6.45, 7) is 2.16. The van der Waals surface area contributed by atoms with E-state index in [1.807, 2.05) is 12.3 Å². The summed E-state index contributed by atoms with van der Waals surface area (Å²) in [7, 11) is 1.64. The molecule has 0 fully saturated rings. The van der Waals surface area contributed by atoms with Gasteiger partial charge in [0.2, 0.25) is 0 Å². The Morgan fingerprint density at radius 1 is 1.53 bits per heavy atom. The zero-order valence-electron chi connectivity index (χ0n) is 9.36. The quantitative estimate of drug-likeness (QED) is 0.554. The van der Waals surface area contributed by atoms with Crippen LogP contribution in [0.15, 0.2) is 18.5 Å². The number of unbranched alkanes of at least 4 members (excludes halogenated alkanes) is 1. The van der Waals surface area contributed by atoms with E-state index in [2.05, 4.69) is 17.3 Å². The van der Waals surface area contributed by atoms with Crippen molar-refractivity contribution < 1.29 is 4.74 Å². The molecule has 0 spiro atoms. The van der Waals surface area contributed by atoms with Crippen LogP contribution in [0, 0.1) is 0 Å². The third-order valence-electron chi connectivity index (χ3n) is 2.42. The maximum atomic E-state index is 5.52. The monoisotopic (exact) mass is 209 g/mol. The Hall–Kier alpha value is -1.13. The summed E-state index contributed by atoms with van der Waals surface area (Å²) >= 11 is 0. The highest BCUT2D eigenvalue weighted by Crippen LogP contribution is 2.21. The number of aromatic nitrogens is 1. The van der Waals surface area contributed by atoms with E-state index >= 15 is 0 Å². The van der Waals surface area contributed by atoms with Crippen molar-refractivity contribution in [1.82, 2.24) is 10.4 Å². The van der Waals surface area contributed by atoms with Gasteiger partial charge >= 0.3 is 0 Å². The van der Waals surface area contributed by atoms with Gasteiger partial charge in [0.15, 0.2) is 0 Å². The fraction of sp³-hybridized carbons (Fsp3) is 0.545. The number of methoxy groups -OCH3 is 1. The van der Waals surface area contributed by atoms with Crippen molar-refractivity contribution in [2.75, 3.05) is 7.11 Å². The Balaban J connectivity index is 2.72. The average Bonchev–Trinajstić information content (AvgIpc) is 2.30. The molecule has 0 aliphatic rings. The number of hydrogen-bond acceptors (Lipinski definition) is 4. The van der Waals surface area contributed by atoms with Crippen molar-refractivity contribution in [3.05, 3.63) is 24.0 Å². The Labute approximate surface area is 90.8 Å². The molecule has 0 radical (unpaired) electrons. The molecule has 3 N–H and O–H groups in total. The van der Waals surface area contributed by atoms with Gasteiger partial charge in [-0.15, -0.1) is 0 Å². The number of nitrogens with two attached hydrogens (primary N) is 1. The minimum absolute atomic E-state index is 0.160. The SMILES string of the molecule is CCCCC(NN)c1cncc(OC)c1. The molecule has 1 atom stereocenters. The molecule has 0 aromatic carbocycles. The average molecular weight is 209 g/mol. The fourth-order valence-corrected chi connectivity index (χ4v) is 1.49. The summed E-state index contributed by atoms with van der Waals surface area (Å²) in [4.78, 5) is 4.11. The van der Waals surface area contributed by atoms with Crippen molar-refractivity contribution in [3.63, 3.8) is 0 Å². The van der Waals surface area contributed by atoms with E-state index in [-0.39, 0.29) is 6.04 Å². The van der Waals surface area contributed by atoms with E-state index in [9.17, 15) is 0 Å². The molecule has 0 amide bonds. The fourth-order valence-electron chi connectivity index (χ4n) is 1.49. The second kappa shape index (κ2) is 6.37. The molecule has 0 saturated heterocycles. The van der Waals surface area contributed by atoms with Crippen molar-refractivity contribution in [1.29, 1.82) is 0 Å². The van der Waals surface area contributed by atoms with Crippen LogP contribution in [0.5, 0.6) is 5.75 Å². The van der Waals surface area contributed by atoms with Gasteiger partial charge < -0.3 is 4.74 Å². The highest BCUT2D eigenvalue weighted by molar-refractivity contribution is 5.25. The van der Waals surface area contributed by atoms with Gasteiger partial charge in [0.05, 0.1) is 13.3 Å². The van der Waals surface area contributed by atoms with Crippen molar-refractivity contribution in [2.24, 2.45) is 5.84 Å². The third-order valence-corrected chi connectivity index (χ3v) is 2.42. The summed E-state index contributed by atoms with van der Waals surface area (Å²) < 4.78 is 5.12. The second-order valence-electron chi connectivity index (χ2n) is 3.52. The van der Waals surface area contributed by atoms with E-state index in [4.69, 9.17) is 10.6 Å². The Kier molecular flexibility index (Phi) is 5.07. The molecule has 1 aromatic rings. The van der Waals surface area contributed by atoms with Crippen LogP contribution in [-0.4, -0.2) is 12.1 Å². The third kappa shape index (κ3) is 3.49. The first-order valence-corrected chi connectivity index (χ1v) is 5.26. The maximum absolute atomic E-state index is 5.52. The van der Waals surface area contributed by atoms with Crippen molar-refractivity contribution in [2.45, 2.75) is 32.2 Å². The van der Waals surface area contributed by atoms with E-state index in [1.54, 1.807) is 13.3 Å².